The second-order valence-electron chi connectivity index (χ2n) is 3.82. The van der Waals surface area contributed by atoms with E-state index in [1.54, 1.807) is 0 Å². The van der Waals surface area contributed by atoms with Crippen LogP contribution < -0.4 is 0 Å². The van der Waals surface area contributed by atoms with Crippen LogP contribution >= 0.6 is 0 Å². The van der Waals surface area contributed by atoms with Crippen molar-refractivity contribution < 1.29 is 4.52 Å². The van der Waals surface area contributed by atoms with Gasteiger partial charge in [0.1, 0.15) is 0 Å². The van der Waals surface area contributed by atoms with Gasteiger partial charge in [-0.1, -0.05) is 18.5 Å². The molecule has 1 atom stereocenters. The smallest absolute Gasteiger partial charge is 0.243 e. The van der Waals surface area contributed by atoms with Crippen molar-refractivity contribution in [1.29, 1.82) is 0 Å². The zero-order valence-electron chi connectivity index (χ0n) is 8.86. The van der Waals surface area contributed by atoms with Crippen LogP contribution in [0.5, 0.6) is 0 Å². The van der Waals surface area contributed by atoms with Crippen molar-refractivity contribution in [2.24, 2.45) is 0 Å². The van der Waals surface area contributed by atoms with Crippen LogP contribution in [0.1, 0.15) is 43.9 Å². The van der Waals surface area contributed by atoms with Crippen LogP contribution in [0, 0.1) is 6.92 Å². The van der Waals surface area contributed by atoms with Crippen LogP contribution in [0.15, 0.2) is 4.52 Å². The number of likely N-dealkylation sites (tertiary alicyclic amines) is 1. The van der Waals surface area contributed by atoms with E-state index in [1.807, 2.05) is 6.92 Å². The van der Waals surface area contributed by atoms with E-state index < -0.39 is 0 Å². The van der Waals surface area contributed by atoms with Crippen LogP contribution in [0.25, 0.3) is 0 Å². The highest BCUT2D eigenvalue weighted by Gasteiger charge is 2.26. The third kappa shape index (κ3) is 1.80. The molecule has 0 bridgehead atoms. The van der Waals surface area contributed by atoms with Crippen molar-refractivity contribution in [3.63, 3.8) is 0 Å². The Bertz CT molecular complexity index is 297. The molecule has 2 heterocycles. The third-order valence-corrected chi connectivity index (χ3v) is 2.85. The van der Waals surface area contributed by atoms with Gasteiger partial charge in [-0.25, -0.2) is 0 Å². The van der Waals surface area contributed by atoms with Crippen LogP contribution in [-0.4, -0.2) is 28.1 Å². The van der Waals surface area contributed by atoms with Crippen LogP contribution in [0.2, 0.25) is 0 Å². The predicted octanol–water partition coefficient (Wildman–Crippen LogP) is 1.92. The van der Waals surface area contributed by atoms with E-state index in [0.29, 0.717) is 6.04 Å². The zero-order chi connectivity index (χ0) is 9.97. The van der Waals surface area contributed by atoms with Gasteiger partial charge in [0.25, 0.3) is 0 Å². The number of hydrogen-bond donors (Lipinski definition) is 0. The fraction of sp³-hybridized carbons (Fsp3) is 0.800. The Morgan fingerprint density at radius 1 is 1.50 bits per heavy atom. The molecule has 78 valence electrons. The normalized spacial score (nSPS) is 24.0. The molecule has 4 heteroatoms. The molecule has 1 aromatic heterocycles. The molecular formula is C10H17N3O. The molecule has 1 saturated heterocycles. The summed E-state index contributed by atoms with van der Waals surface area (Å²) in [5.41, 5.74) is 0. The Hall–Kier alpha value is -0.900. The van der Waals surface area contributed by atoms with Gasteiger partial charge in [0.15, 0.2) is 5.82 Å². The number of aryl methyl sites for hydroxylation is 1. The van der Waals surface area contributed by atoms with Gasteiger partial charge in [-0.05, 0) is 32.9 Å². The lowest BCUT2D eigenvalue weighted by atomic mass is 10.0. The Morgan fingerprint density at radius 3 is 3.00 bits per heavy atom. The summed E-state index contributed by atoms with van der Waals surface area (Å²) in [4.78, 5) is 6.73. The van der Waals surface area contributed by atoms with Crippen molar-refractivity contribution in [3.8, 4) is 0 Å². The lowest BCUT2D eigenvalue weighted by Gasteiger charge is -2.32. The maximum absolute atomic E-state index is 5.23. The molecular weight excluding hydrogens is 178 g/mol. The number of aromatic nitrogens is 2. The molecule has 0 saturated carbocycles. The molecule has 0 N–H and O–H groups in total. The topological polar surface area (TPSA) is 42.2 Å². The number of nitrogens with zero attached hydrogens (tertiary/aromatic N) is 3. The Morgan fingerprint density at radius 2 is 2.36 bits per heavy atom. The number of hydrogen-bond acceptors (Lipinski definition) is 4. The van der Waals surface area contributed by atoms with E-state index in [-0.39, 0.29) is 0 Å². The largest absolute Gasteiger partial charge is 0.338 e. The van der Waals surface area contributed by atoms with E-state index in [0.717, 1.165) is 31.2 Å². The van der Waals surface area contributed by atoms with Gasteiger partial charge in [-0.2, -0.15) is 4.98 Å². The van der Waals surface area contributed by atoms with Crippen LogP contribution in [-0.2, 0) is 0 Å². The first-order valence-electron chi connectivity index (χ1n) is 5.35. The van der Waals surface area contributed by atoms with Gasteiger partial charge >= 0.3 is 0 Å². The van der Waals surface area contributed by atoms with Gasteiger partial charge in [0, 0.05) is 0 Å². The van der Waals surface area contributed by atoms with Gasteiger partial charge < -0.3 is 4.52 Å². The fourth-order valence-electron chi connectivity index (χ4n) is 2.10. The zero-order valence-corrected chi connectivity index (χ0v) is 8.86. The second-order valence-corrected chi connectivity index (χ2v) is 3.82. The molecule has 0 aliphatic carbocycles. The van der Waals surface area contributed by atoms with Crippen molar-refractivity contribution in [2.75, 3.05) is 13.1 Å². The summed E-state index contributed by atoms with van der Waals surface area (Å²) in [5, 5.41) is 3.85. The molecule has 1 fully saturated rings. The van der Waals surface area contributed by atoms with Crippen molar-refractivity contribution in [3.05, 3.63) is 11.7 Å². The Labute approximate surface area is 84.3 Å². The standard InChI is InChI=1S/C10H17N3O/c1-3-13-7-5-4-6-9(13)10-11-8(2)12-14-10/h9H,3-7H2,1-2H3. The van der Waals surface area contributed by atoms with Gasteiger partial charge in [-0.15, -0.1) is 0 Å². The Balaban J connectivity index is 2.14. The summed E-state index contributed by atoms with van der Waals surface area (Å²) in [7, 11) is 0. The highest BCUT2D eigenvalue weighted by Crippen LogP contribution is 2.29. The maximum Gasteiger partial charge on any atom is 0.243 e. The number of rotatable bonds is 2. The van der Waals surface area contributed by atoms with Gasteiger partial charge in [0.2, 0.25) is 5.89 Å². The van der Waals surface area contributed by atoms with E-state index >= 15 is 0 Å². The van der Waals surface area contributed by atoms with Crippen molar-refractivity contribution in [2.45, 2.75) is 39.2 Å². The van der Waals surface area contributed by atoms with Crippen molar-refractivity contribution in [1.82, 2.24) is 15.0 Å². The molecule has 0 aromatic carbocycles. The molecule has 0 spiro atoms. The minimum atomic E-state index is 0.356. The van der Waals surface area contributed by atoms with E-state index in [9.17, 15) is 0 Å². The number of piperidine rings is 1. The lowest BCUT2D eigenvalue weighted by molar-refractivity contribution is 0.125. The fourth-order valence-corrected chi connectivity index (χ4v) is 2.10. The van der Waals surface area contributed by atoms with Crippen LogP contribution in [0.4, 0.5) is 0 Å². The first kappa shape index (κ1) is 9.65. The van der Waals surface area contributed by atoms with E-state index in [1.165, 1.54) is 12.8 Å². The van der Waals surface area contributed by atoms with Gasteiger partial charge in [0.05, 0.1) is 6.04 Å². The molecule has 1 unspecified atom stereocenters. The van der Waals surface area contributed by atoms with Crippen LogP contribution in [0.3, 0.4) is 0 Å². The lowest BCUT2D eigenvalue weighted by Crippen LogP contribution is -2.33. The summed E-state index contributed by atoms with van der Waals surface area (Å²) in [6, 6.07) is 0.356. The molecule has 14 heavy (non-hydrogen) atoms. The first-order valence-corrected chi connectivity index (χ1v) is 5.35. The molecule has 1 aliphatic heterocycles. The summed E-state index contributed by atoms with van der Waals surface area (Å²) in [6.07, 6.45) is 3.70. The highest BCUT2D eigenvalue weighted by atomic mass is 16.5. The molecule has 1 aliphatic rings. The Kier molecular flexibility index (Phi) is 2.82. The maximum atomic E-state index is 5.23. The monoisotopic (exact) mass is 195 g/mol. The second kappa shape index (κ2) is 4.09. The molecule has 0 amide bonds. The molecule has 2 rings (SSSR count). The van der Waals surface area contributed by atoms with Gasteiger partial charge in [-0.3, -0.25) is 4.90 Å². The summed E-state index contributed by atoms with van der Waals surface area (Å²) in [5.74, 6) is 1.53. The SMILES string of the molecule is CCN1CCCCC1c1nc(C)no1. The molecule has 4 nitrogen and oxygen atoms in total. The average molecular weight is 195 g/mol. The van der Waals surface area contributed by atoms with E-state index in [4.69, 9.17) is 4.52 Å². The predicted molar refractivity (Wildman–Crippen MR) is 52.9 cm³/mol. The minimum Gasteiger partial charge on any atom is -0.338 e. The van der Waals surface area contributed by atoms with Crippen molar-refractivity contribution >= 4 is 0 Å². The average Bonchev–Trinajstić information content (AvgIpc) is 2.65. The molecule has 0 radical (unpaired) electrons. The summed E-state index contributed by atoms with van der Waals surface area (Å²) < 4.78 is 5.23. The summed E-state index contributed by atoms with van der Waals surface area (Å²) in [6.45, 7) is 6.27. The summed E-state index contributed by atoms with van der Waals surface area (Å²) >= 11 is 0. The quantitative estimate of drug-likeness (QED) is 0.723. The third-order valence-electron chi connectivity index (χ3n) is 2.85. The van der Waals surface area contributed by atoms with E-state index in [2.05, 4.69) is 22.0 Å². The minimum absolute atomic E-state index is 0.356. The molecule has 1 aromatic rings. The highest BCUT2D eigenvalue weighted by molar-refractivity contribution is 4.94. The first-order chi connectivity index (χ1) is 6.81.